The summed E-state index contributed by atoms with van der Waals surface area (Å²) in [5.41, 5.74) is 13.8. The highest BCUT2D eigenvalue weighted by atomic mass is 15.0. The second-order valence-corrected chi connectivity index (χ2v) is 13.5. The maximum atomic E-state index is 9.96. The molecule has 0 radical (unpaired) electrons. The predicted octanol–water partition coefficient (Wildman–Crippen LogP) is 13.3. The summed E-state index contributed by atoms with van der Waals surface area (Å²) in [7, 11) is 0. The molecule has 54 heavy (non-hydrogen) atoms. The lowest BCUT2D eigenvalue weighted by Gasteiger charge is -2.21. The summed E-state index contributed by atoms with van der Waals surface area (Å²) < 4.78 is 4.79. The Balaban J connectivity index is 1.28. The Labute approximate surface area is 312 Å². The van der Waals surface area contributed by atoms with Gasteiger partial charge < -0.3 is 9.13 Å². The van der Waals surface area contributed by atoms with Crippen molar-refractivity contribution in [2.75, 3.05) is 0 Å². The van der Waals surface area contributed by atoms with Crippen molar-refractivity contribution in [3.63, 3.8) is 0 Å². The number of aromatic nitrogens is 2. The molecule has 8 aromatic carbocycles. The first-order valence-electron chi connectivity index (χ1n) is 18.0. The largest absolute Gasteiger partial charge is 0.309 e. The van der Waals surface area contributed by atoms with Crippen LogP contribution in [-0.2, 0) is 0 Å². The Morgan fingerprint density at radius 1 is 0.426 bits per heavy atom. The maximum absolute atomic E-state index is 9.96. The van der Waals surface area contributed by atoms with Crippen LogP contribution < -0.4 is 0 Å². The molecule has 10 aromatic rings. The highest BCUT2D eigenvalue weighted by molar-refractivity contribution is 6.11. The minimum atomic E-state index is 0.508. The first-order valence-corrected chi connectivity index (χ1v) is 18.0. The number of nitriles is 1. The molecule has 2 aromatic heterocycles. The topological polar surface area (TPSA) is 38.0 Å². The molecular formula is C50H30N4. The molecule has 0 spiro atoms. The molecule has 250 valence electrons. The summed E-state index contributed by atoms with van der Waals surface area (Å²) in [6.07, 6.45) is 0. The van der Waals surface area contributed by atoms with Crippen LogP contribution in [0.4, 0.5) is 5.69 Å². The molecular weight excluding hydrogens is 657 g/mol. The molecule has 0 aliphatic heterocycles. The zero-order valence-corrected chi connectivity index (χ0v) is 29.1. The Morgan fingerprint density at radius 3 is 1.44 bits per heavy atom. The van der Waals surface area contributed by atoms with Gasteiger partial charge in [0.25, 0.3) is 0 Å². The van der Waals surface area contributed by atoms with E-state index in [-0.39, 0.29) is 0 Å². The van der Waals surface area contributed by atoms with E-state index in [1.54, 1.807) is 18.2 Å². The first-order chi connectivity index (χ1) is 26.7. The van der Waals surface area contributed by atoms with Crippen LogP contribution in [0.3, 0.4) is 0 Å². The Bertz CT molecular complexity index is 3080. The molecule has 0 aliphatic carbocycles. The number of nitrogens with zero attached hydrogens (tertiary/aromatic N) is 4. The van der Waals surface area contributed by atoms with E-state index in [2.05, 4.69) is 184 Å². The molecule has 10 rings (SSSR count). The van der Waals surface area contributed by atoms with Crippen LogP contribution >= 0.6 is 0 Å². The van der Waals surface area contributed by atoms with Gasteiger partial charge in [0.2, 0.25) is 0 Å². The van der Waals surface area contributed by atoms with E-state index in [4.69, 9.17) is 6.57 Å². The van der Waals surface area contributed by atoms with E-state index >= 15 is 0 Å². The lowest BCUT2D eigenvalue weighted by molar-refractivity contribution is 1.17. The van der Waals surface area contributed by atoms with Crippen molar-refractivity contribution in [3.05, 3.63) is 199 Å². The van der Waals surface area contributed by atoms with Crippen LogP contribution in [0.15, 0.2) is 182 Å². The van der Waals surface area contributed by atoms with Crippen molar-refractivity contribution in [3.8, 4) is 50.8 Å². The molecule has 0 fully saturated rings. The van der Waals surface area contributed by atoms with E-state index in [9.17, 15) is 5.26 Å². The van der Waals surface area contributed by atoms with Crippen LogP contribution in [0.2, 0.25) is 0 Å². The van der Waals surface area contributed by atoms with Crippen LogP contribution in [-0.4, -0.2) is 9.13 Å². The Morgan fingerprint density at radius 2 is 0.889 bits per heavy atom. The fourth-order valence-corrected chi connectivity index (χ4v) is 8.27. The molecule has 0 N–H and O–H groups in total. The molecule has 0 aliphatic rings. The van der Waals surface area contributed by atoms with Gasteiger partial charge >= 0.3 is 0 Å². The molecule has 0 saturated carbocycles. The number of benzene rings is 8. The summed E-state index contributed by atoms with van der Waals surface area (Å²) in [6.45, 7) is 7.59. The average Bonchev–Trinajstić information content (AvgIpc) is 3.76. The van der Waals surface area contributed by atoms with E-state index in [0.29, 0.717) is 11.3 Å². The molecule has 2 heterocycles. The third-order valence-corrected chi connectivity index (χ3v) is 10.6. The standard InChI is InChI=1S/C50H30N4/c1-52-36-30-29-35(32-51)43(31-36)33-25-27-34(28-26-33)50-42(18-12-24-49(50)54-46-21-9-4-15-39(46)40-16-5-10-22-47(40)54)41-17-6-11-23-48(41)53-44-19-7-2-13-37(44)38-14-3-8-20-45(38)53/h2-31H. The van der Waals surface area contributed by atoms with Gasteiger partial charge in [0, 0.05) is 32.7 Å². The molecule has 0 bridgehead atoms. The number of para-hydroxylation sites is 5. The quantitative estimate of drug-likeness (QED) is 0.166. The van der Waals surface area contributed by atoms with Gasteiger partial charge in [0.1, 0.15) is 0 Å². The number of fused-ring (bicyclic) bond motifs is 6. The Kier molecular flexibility index (Phi) is 7.22. The number of hydrogen-bond acceptors (Lipinski definition) is 1. The lowest BCUT2D eigenvalue weighted by atomic mass is 9.90. The minimum absolute atomic E-state index is 0.508. The summed E-state index contributed by atoms with van der Waals surface area (Å²) >= 11 is 0. The second kappa shape index (κ2) is 12.5. The lowest BCUT2D eigenvalue weighted by Crippen LogP contribution is -2.02. The van der Waals surface area contributed by atoms with E-state index in [1.165, 1.54) is 21.5 Å². The predicted molar refractivity (Wildman–Crippen MR) is 222 cm³/mol. The van der Waals surface area contributed by atoms with Gasteiger partial charge in [0.05, 0.1) is 51.6 Å². The molecule has 4 heteroatoms. The summed E-state index contributed by atoms with van der Waals surface area (Å²) in [4.78, 5) is 3.64. The van der Waals surface area contributed by atoms with Crippen LogP contribution in [0, 0.1) is 17.9 Å². The Hall–Kier alpha value is -7.66. The monoisotopic (exact) mass is 686 g/mol. The summed E-state index contributed by atoms with van der Waals surface area (Å²) in [6, 6.07) is 65.9. The SMILES string of the molecule is [C-]#[N+]c1ccc(C#N)c(-c2ccc(-c3c(-c4ccccc4-n4c5ccccc5c5ccccc54)cccc3-n3c4ccccc4c4ccccc43)cc2)c1. The summed E-state index contributed by atoms with van der Waals surface area (Å²) in [5, 5.41) is 14.8. The normalized spacial score (nSPS) is 11.3. The van der Waals surface area contributed by atoms with Crippen molar-refractivity contribution >= 4 is 49.3 Å². The van der Waals surface area contributed by atoms with Gasteiger partial charge in [-0.3, -0.25) is 0 Å². The first kappa shape index (κ1) is 31.1. The zero-order chi connectivity index (χ0) is 36.2. The number of rotatable bonds is 5. The van der Waals surface area contributed by atoms with Crippen LogP contribution in [0.1, 0.15) is 5.56 Å². The van der Waals surface area contributed by atoms with Gasteiger partial charge in [-0.05, 0) is 64.7 Å². The van der Waals surface area contributed by atoms with Gasteiger partial charge in [-0.2, -0.15) is 5.26 Å². The fraction of sp³-hybridized carbons (Fsp3) is 0. The van der Waals surface area contributed by atoms with E-state index in [0.717, 1.165) is 66.8 Å². The molecule has 0 unspecified atom stereocenters. The zero-order valence-electron chi connectivity index (χ0n) is 29.1. The van der Waals surface area contributed by atoms with E-state index in [1.807, 2.05) is 0 Å². The van der Waals surface area contributed by atoms with Crippen molar-refractivity contribution in [2.24, 2.45) is 0 Å². The molecule has 0 amide bonds. The second-order valence-electron chi connectivity index (χ2n) is 13.5. The van der Waals surface area contributed by atoms with Gasteiger partial charge in [-0.1, -0.05) is 140 Å². The van der Waals surface area contributed by atoms with Crippen LogP contribution in [0.5, 0.6) is 0 Å². The van der Waals surface area contributed by atoms with Crippen LogP contribution in [0.25, 0.3) is 93.2 Å². The highest BCUT2D eigenvalue weighted by Gasteiger charge is 2.22. The maximum Gasteiger partial charge on any atom is 0.187 e. The highest BCUT2D eigenvalue weighted by Crippen LogP contribution is 2.44. The number of hydrogen-bond donors (Lipinski definition) is 0. The molecule has 4 nitrogen and oxygen atoms in total. The molecule has 0 saturated heterocycles. The minimum Gasteiger partial charge on any atom is -0.309 e. The third-order valence-electron chi connectivity index (χ3n) is 10.6. The average molecular weight is 687 g/mol. The van der Waals surface area contributed by atoms with Crippen molar-refractivity contribution in [2.45, 2.75) is 0 Å². The summed E-state index contributed by atoms with van der Waals surface area (Å²) in [5.74, 6) is 0. The van der Waals surface area contributed by atoms with Gasteiger partial charge in [-0.25, -0.2) is 4.85 Å². The fourth-order valence-electron chi connectivity index (χ4n) is 8.27. The third kappa shape index (κ3) is 4.76. The molecule has 0 atom stereocenters. The van der Waals surface area contributed by atoms with Gasteiger partial charge in [0.15, 0.2) is 5.69 Å². The van der Waals surface area contributed by atoms with Crippen molar-refractivity contribution < 1.29 is 0 Å². The van der Waals surface area contributed by atoms with Crippen molar-refractivity contribution in [1.29, 1.82) is 5.26 Å². The smallest absolute Gasteiger partial charge is 0.187 e. The van der Waals surface area contributed by atoms with Crippen molar-refractivity contribution in [1.82, 2.24) is 9.13 Å². The van der Waals surface area contributed by atoms with Gasteiger partial charge in [-0.15, -0.1) is 0 Å². The van der Waals surface area contributed by atoms with E-state index < -0.39 is 0 Å².